The fourth-order valence-electron chi connectivity index (χ4n) is 6.86. The average Bonchev–Trinajstić information content (AvgIpc) is 3.71. The fourth-order valence-corrected chi connectivity index (χ4v) is 9.07. The molecule has 1 aliphatic carbocycles. The van der Waals surface area contributed by atoms with E-state index in [0.717, 1.165) is 33.9 Å². The Hall–Kier alpha value is -4.90. The van der Waals surface area contributed by atoms with Crippen LogP contribution in [0.3, 0.4) is 0 Å². The molecule has 6 aromatic carbocycles. The minimum absolute atomic E-state index is 1.04. The van der Waals surface area contributed by atoms with Crippen molar-refractivity contribution in [3.05, 3.63) is 137 Å². The van der Waals surface area contributed by atoms with E-state index in [1.54, 1.807) is 11.3 Å². The van der Waals surface area contributed by atoms with E-state index in [9.17, 15) is 0 Å². The Morgan fingerprint density at radius 3 is 1.61 bits per heavy atom. The number of fused-ring (bicyclic) bond motifs is 4. The van der Waals surface area contributed by atoms with Crippen molar-refractivity contribution in [2.24, 2.45) is 0 Å². The van der Waals surface area contributed by atoms with Crippen molar-refractivity contribution in [2.45, 2.75) is 26.7 Å². The second-order valence-electron chi connectivity index (χ2n) is 12.3. The highest BCUT2D eigenvalue weighted by molar-refractivity contribution is 7.21. The van der Waals surface area contributed by atoms with E-state index in [4.69, 9.17) is 9.97 Å². The van der Waals surface area contributed by atoms with E-state index < -0.39 is 0 Å². The minimum atomic E-state index is 1.04. The summed E-state index contributed by atoms with van der Waals surface area (Å²) in [6, 6.07) is 42.2. The predicted molar refractivity (Wildman–Crippen MR) is 199 cm³/mol. The van der Waals surface area contributed by atoms with E-state index in [0.29, 0.717) is 0 Å². The molecule has 0 radical (unpaired) electrons. The molecule has 0 saturated carbocycles. The van der Waals surface area contributed by atoms with Crippen molar-refractivity contribution >= 4 is 60.5 Å². The third-order valence-electron chi connectivity index (χ3n) is 9.18. The number of allylic oxidation sites excluding steroid dienone is 1. The Bertz CT molecular complexity index is 2420. The van der Waals surface area contributed by atoms with Gasteiger partial charge in [-0.3, -0.25) is 0 Å². The SMILES string of the molecule is CC1=Cc2sc(-c3ccc(-c4c5ccccc5c(-c5ccc(-c6nc7ccc(C)cc7s6)cc5)c5ccccc45)cc3)nc2CC1. The first-order valence-corrected chi connectivity index (χ1v) is 17.4. The lowest BCUT2D eigenvalue weighted by atomic mass is 9.86. The molecule has 46 heavy (non-hydrogen) atoms. The molecular formula is C42H30N2S2. The first-order chi connectivity index (χ1) is 22.6. The Kier molecular flexibility index (Phi) is 6.48. The molecule has 0 aliphatic heterocycles. The summed E-state index contributed by atoms with van der Waals surface area (Å²) in [5.74, 6) is 0. The lowest BCUT2D eigenvalue weighted by molar-refractivity contribution is 0.900. The largest absolute Gasteiger partial charge is 0.240 e. The zero-order chi connectivity index (χ0) is 30.8. The maximum atomic E-state index is 5.01. The normalized spacial score (nSPS) is 13.0. The van der Waals surface area contributed by atoms with Crippen LogP contribution < -0.4 is 0 Å². The topological polar surface area (TPSA) is 25.8 Å². The second-order valence-corrected chi connectivity index (χ2v) is 14.4. The molecule has 0 amide bonds. The van der Waals surface area contributed by atoms with Gasteiger partial charge in [0.05, 0.1) is 20.8 Å². The van der Waals surface area contributed by atoms with Crippen molar-refractivity contribution in [3.8, 4) is 43.4 Å². The van der Waals surface area contributed by atoms with Gasteiger partial charge in [-0.05, 0) is 94.3 Å². The number of aryl methyl sites for hydroxylation is 2. The molecule has 0 bridgehead atoms. The lowest BCUT2D eigenvalue weighted by Gasteiger charge is -2.18. The van der Waals surface area contributed by atoms with E-state index in [1.165, 1.54) is 75.8 Å². The quantitative estimate of drug-likeness (QED) is 0.182. The van der Waals surface area contributed by atoms with Crippen molar-refractivity contribution in [1.82, 2.24) is 9.97 Å². The third-order valence-corrected chi connectivity index (χ3v) is 11.3. The van der Waals surface area contributed by atoms with Crippen LogP contribution in [0.2, 0.25) is 0 Å². The summed E-state index contributed by atoms with van der Waals surface area (Å²) in [7, 11) is 0. The van der Waals surface area contributed by atoms with Gasteiger partial charge < -0.3 is 0 Å². The molecule has 9 rings (SSSR count). The first kappa shape index (κ1) is 27.4. The van der Waals surface area contributed by atoms with Crippen LogP contribution in [-0.4, -0.2) is 9.97 Å². The lowest BCUT2D eigenvalue weighted by Crippen LogP contribution is -1.94. The molecule has 2 heterocycles. The summed E-state index contributed by atoms with van der Waals surface area (Å²) in [5, 5.41) is 7.22. The van der Waals surface area contributed by atoms with Crippen LogP contribution in [0.5, 0.6) is 0 Å². The van der Waals surface area contributed by atoms with Crippen LogP contribution in [0.4, 0.5) is 0 Å². The van der Waals surface area contributed by atoms with Gasteiger partial charge in [0, 0.05) is 11.1 Å². The van der Waals surface area contributed by atoms with E-state index in [-0.39, 0.29) is 0 Å². The van der Waals surface area contributed by atoms with Crippen LogP contribution in [0.1, 0.15) is 29.5 Å². The molecule has 1 aliphatic rings. The Morgan fingerprint density at radius 1 is 0.522 bits per heavy atom. The summed E-state index contributed by atoms with van der Waals surface area (Å²) in [6.07, 6.45) is 4.46. The van der Waals surface area contributed by atoms with Gasteiger partial charge >= 0.3 is 0 Å². The number of aromatic nitrogens is 2. The van der Waals surface area contributed by atoms with Crippen molar-refractivity contribution in [1.29, 1.82) is 0 Å². The zero-order valence-corrected chi connectivity index (χ0v) is 27.3. The van der Waals surface area contributed by atoms with Crippen LogP contribution in [0, 0.1) is 6.92 Å². The molecule has 0 saturated heterocycles. The van der Waals surface area contributed by atoms with Gasteiger partial charge in [0.1, 0.15) is 10.0 Å². The van der Waals surface area contributed by atoms with Crippen LogP contribution in [0.15, 0.2) is 121 Å². The van der Waals surface area contributed by atoms with E-state index in [2.05, 4.69) is 135 Å². The van der Waals surface area contributed by atoms with Crippen LogP contribution >= 0.6 is 22.7 Å². The molecule has 0 spiro atoms. The number of thiazole rings is 2. The maximum absolute atomic E-state index is 5.01. The highest BCUT2D eigenvalue weighted by Gasteiger charge is 2.18. The summed E-state index contributed by atoms with van der Waals surface area (Å²) < 4.78 is 1.23. The Balaban J connectivity index is 1.15. The molecule has 4 heteroatoms. The highest BCUT2D eigenvalue weighted by Crippen LogP contribution is 2.44. The van der Waals surface area contributed by atoms with Gasteiger partial charge in [-0.1, -0.05) is 109 Å². The van der Waals surface area contributed by atoms with E-state index in [1.807, 2.05) is 11.3 Å². The standard InChI is InChI=1S/C42H30N2S2/c1-25-11-21-35-37(23-25)45-41(43-35)29-17-13-27(14-18-29)39-31-7-3-5-9-33(31)40(34-10-6-4-8-32(34)39)28-15-19-30(20-16-28)42-44-36-22-12-26(2)24-38(36)46-42/h3-11,13-21,23-24H,12,22H2,1-2H3. The molecule has 2 nitrogen and oxygen atoms in total. The number of hydrogen-bond donors (Lipinski definition) is 0. The number of benzene rings is 6. The van der Waals surface area contributed by atoms with Gasteiger partial charge in [-0.2, -0.15) is 0 Å². The van der Waals surface area contributed by atoms with Crippen molar-refractivity contribution < 1.29 is 0 Å². The summed E-state index contributed by atoms with van der Waals surface area (Å²) >= 11 is 3.57. The molecule has 0 N–H and O–H groups in total. The molecular weight excluding hydrogens is 597 g/mol. The Morgan fingerprint density at radius 2 is 1.04 bits per heavy atom. The van der Waals surface area contributed by atoms with Crippen LogP contribution in [0.25, 0.3) is 81.2 Å². The summed E-state index contributed by atoms with van der Waals surface area (Å²) in [6.45, 7) is 4.35. The molecule has 2 aromatic heterocycles. The highest BCUT2D eigenvalue weighted by atomic mass is 32.1. The van der Waals surface area contributed by atoms with Gasteiger partial charge in [0.2, 0.25) is 0 Å². The zero-order valence-electron chi connectivity index (χ0n) is 25.7. The molecule has 0 fully saturated rings. The number of nitrogens with zero attached hydrogens (tertiary/aromatic N) is 2. The van der Waals surface area contributed by atoms with Crippen LogP contribution in [-0.2, 0) is 6.42 Å². The summed E-state index contributed by atoms with van der Waals surface area (Å²) in [4.78, 5) is 11.3. The molecule has 8 aromatic rings. The second kappa shape index (κ2) is 10.9. The number of hydrogen-bond acceptors (Lipinski definition) is 4. The average molecular weight is 627 g/mol. The third kappa shape index (κ3) is 4.60. The van der Waals surface area contributed by atoms with Crippen molar-refractivity contribution in [2.75, 3.05) is 0 Å². The van der Waals surface area contributed by atoms with Crippen molar-refractivity contribution in [3.63, 3.8) is 0 Å². The monoisotopic (exact) mass is 626 g/mol. The minimum Gasteiger partial charge on any atom is -0.240 e. The molecule has 0 atom stereocenters. The maximum Gasteiger partial charge on any atom is 0.124 e. The fraction of sp³-hybridized carbons (Fsp3) is 0.0952. The van der Waals surface area contributed by atoms with Gasteiger partial charge in [-0.25, -0.2) is 9.97 Å². The van der Waals surface area contributed by atoms with Gasteiger partial charge in [-0.15, -0.1) is 22.7 Å². The van der Waals surface area contributed by atoms with Gasteiger partial charge in [0.15, 0.2) is 0 Å². The summed E-state index contributed by atoms with van der Waals surface area (Å²) in [5.41, 5.74) is 12.3. The predicted octanol–water partition coefficient (Wildman–Crippen LogP) is 12.4. The van der Waals surface area contributed by atoms with Gasteiger partial charge in [0.25, 0.3) is 0 Å². The first-order valence-electron chi connectivity index (χ1n) is 15.8. The molecule has 220 valence electrons. The smallest absolute Gasteiger partial charge is 0.124 e. The van der Waals surface area contributed by atoms with E-state index >= 15 is 0 Å². The Labute approximate surface area is 276 Å². The molecule has 0 unspecified atom stereocenters. The number of rotatable bonds is 4.